The summed E-state index contributed by atoms with van der Waals surface area (Å²) in [7, 11) is 2.00. The second-order valence-electron chi connectivity index (χ2n) is 7.40. The second kappa shape index (κ2) is 8.62. The number of aromatic nitrogens is 4. The Kier molecular flexibility index (Phi) is 5.76. The molecular weight excluding hydrogens is 385 g/mol. The van der Waals surface area contributed by atoms with Crippen molar-refractivity contribution in [3.8, 4) is 11.4 Å². The van der Waals surface area contributed by atoms with Crippen LogP contribution in [-0.4, -0.2) is 39.8 Å². The Balaban J connectivity index is 1.39. The maximum atomic E-state index is 13.6. The lowest BCUT2D eigenvalue weighted by molar-refractivity contribution is 0.0997. The van der Waals surface area contributed by atoms with Crippen LogP contribution in [0.4, 0.5) is 10.3 Å². The first kappa shape index (κ1) is 20.0. The van der Waals surface area contributed by atoms with Gasteiger partial charge >= 0.3 is 0 Å². The van der Waals surface area contributed by atoms with Gasteiger partial charge in [0.2, 0.25) is 11.8 Å². The van der Waals surface area contributed by atoms with E-state index >= 15 is 0 Å². The van der Waals surface area contributed by atoms with E-state index in [1.165, 1.54) is 6.07 Å². The van der Waals surface area contributed by atoms with Gasteiger partial charge in [-0.1, -0.05) is 23.4 Å². The molecule has 1 N–H and O–H groups in total. The number of hydrogen-bond donors (Lipinski definition) is 1. The van der Waals surface area contributed by atoms with Crippen LogP contribution in [-0.2, 0) is 17.8 Å². The van der Waals surface area contributed by atoms with Crippen molar-refractivity contribution in [1.29, 1.82) is 0 Å². The standard InChI is InChI=1S/C22H24FN5O2/c1-14(2)28(3)22-24-18-9-8-16(12-19(18)25-22)21-26-20(30-27-21)13-29-11-10-15-6-4-5-7-17(15)23/h4-9,12,14H,10-11,13H2,1-3H3,(H,24,25). The molecule has 0 amide bonds. The number of ether oxygens (including phenoxy) is 1. The summed E-state index contributed by atoms with van der Waals surface area (Å²) in [6.07, 6.45) is 0.483. The molecule has 0 aliphatic heterocycles. The highest BCUT2D eigenvalue weighted by Crippen LogP contribution is 2.24. The predicted molar refractivity (Wildman–Crippen MR) is 113 cm³/mol. The van der Waals surface area contributed by atoms with E-state index in [4.69, 9.17) is 9.26 Å². The maximum Gasteiger partial charge on any atom is 0.252 e. The van der Waals surface area contributed by atoms with Gasteiger partial charge in [0.25, 0.3) is 5.89 Å². The van der Waals surface area contributed by atoms with E-state index in [2.05, 4.69) is 38.9 Å². The smallest absolute Gasteiger partial charge is 0.252 e. The largest absolute Gasteiger partial charge is 0.371 e. The van der Waals surface area contributed by atoms with Crippen LogP contribution in [0.3, 0.4) is 0 Å². The zero-order chi connectivity index (χ0) is 21.1. The molecule has 4 rings (SSSR count). The fraction of sp³-hybridized carbons (Fsp3) is 0.318. The van der Waals surface area contributed by atoms with Gasteiger partial charge in [-0.3, -0.25) is 0 Å². The van der Waals surface area contributed by atoms with Crippen LogP contribution >= 0.6 is 0 Å². The zero-order valence-corrected chi connectivity index (χ0v) is 17.2. The molecule has 2 aromatic carbocycles. The summed E-state index contributed by atoms with van der Waals surface area (Å²) < 4.78 is 24.5. The Morgan fingerprint density at radius 2 is 2.00 bits per heavy atom. The molecule has 0 bridgehead atoms. The summed E-state index contributed by atoms with van der Waals surface area (Å²) in [5.74, 6) is 1.45. The lowest BCUT2D eigenvalue weighted by Crippen LogP contribution is -2.26. The molecular formula is C22H24FN5O2. The van der Waals surface area contributed by atoms with Crippen LogP contribution in [0.1, 0.15) is 25.3 Å². The highest BCUT2D eigenvalue weighted by Gasteiger charge is 2.13. The monoisotopic (exact) mass is 409 g/mol. The van der Waals surface area contributed by atoms with Crippen molar-refractivity contribution in [2.24, 2.45) is 0 Å². The molecule has 7 nitrogen and oxygen atoms in total. The zero-order valence-electron chi connectivity index (χ0n) is 17.2. The normalized spacial score (nSPS) is 11.5. The van der Waals surface area contributed by atoms with Gasteiger partial charge in [0.05, 0.1) is 17.6 Å². The van der Waals surface area contributed by atoms with E-state index in [1.54, 1.807) is 12.1 Å². The van der Waals surface area contributed by atoms with Gasteiger partial charge in [0.1, 0.15) is 12.4 Å². The third-order valence-corrected chi connectivity index (χ3v) is 5.00. The summed E-state index contributed by atoms with van der Waals surface area (Å²) >= 11 is 0. The lowest BCUT2D eigenvalue weighted by Gasteiger charge is -2.19. The van der Waals surface area contributed by atoms with Gasteiger partial charge in [-0.15, -0.1) is 0 Å². The van der Waals surface area contributed by atoms with Crippen LogP contribution < -0.4 is 4.90 Å². The van der Waals surface area contributed by atoms with Crippen LogP contribution in [0.2, 0.25) is 0 Å². The van der Waals surface area contributed by atoms with E-state index in [1.807, 2.05) is 31.3 Å². The number of fused-ring (bicyclic) bond motifs is 1. The molecule has 0 radical (unpaired) electrons. The minimum atomic E-state index is -0.224. The van der Waals surface area contributed by atoms with E-state index in [9.17, 15) is 4.39 Å². The molecule has 8 heteroatoms. The Morgan fingerprint density at radius 3 is 2.80 bits per heavy atom. The molecule has 4 aromatic rings. The summed E-state index contributed by atoms with van der Waals surface area (Å²) in [5.41, 5.74) is 3.23. The number of hydrogen-bond acceptors (Lipinski definition) is 6. The van der Waals surface area contributed by atoms with Crippen LogP contribution in [0.25, 0.3) is 22.4 Å². The molecule has 156 valence electrons. The fourth-order valence-corrected chi connectivity index (χ4v) is 3.02. The van der Waals surface area contributed by atoms with E-state index in [-0.39, 0.29) is 12.4 Å². The Hall–Kier alpha value is -3.26. The highest BCUT2D eigenvalue weighted by molar-refractivity contribution is 5.82. The number of halogens is 1. The quantitative estimate of drug-likeness (QED) is 0.436. The molecule has 2 heterocycles. The lowest BCUT2D eigenvalue weighted by atomic mass is 10.1. The Labute approximate surface area is 173 Å². The molecule has 2 aromatic heterocycles. The van der Waals surface area contributed by atoms with E-state index in [0.717, 1.165) is 22.5 Å². The first-order valence-corrected chi connectivity index (χ1v) is 9.88. The number of rotatable bonds is 8. The SMILES string of the molecule is CC(C)N(C)c1nc2ccc(-c3noc(COCCc4ccccc4F)n3)cc2[nH]1. The molecule has 0 fully saturated rings. The summed E-state index contributed by atoms with van der Waals surface area (Å²) in [6, 6.07) is 12.8. The molecule has 0 saturated carbocycles. The van der Waals surface area contributed by atoms with Gasteiger partial charge in [-0.2, -0.15) is 4.98 Å². The Bertz CT molecular complexity index is 1140. The maximum absolute atomic E-state index is 13.6. The second-order valence-corrected chi connectivity index (χ2v) is 7.40. The van der Waals surface area contributed by atoms with Gasteiger partial charge < -0.3 is 19.1 Å². The number of imidazole rings is 1. The summed E-state index contributed by atoms with van der Waals surface area (Å²) in [6.45, 7) is 4.76. The van der Waals surface area contributed by atoms with Gasteiger partial charge in [-0.05, 0) is 50.1 Å². The first-order chi connectivity index (χ1) is 14.5. The predicted octanol–water partition coefficient (Wildman–Crippen LogP) is 4.36. The molecule has 0 aliphatic rings. The molecule has 30 heavy (non-hydrogen) atoms. The summed E-state index contributed by atoms with van der Waals surface area (Å²) in [5, 5.41) is 4.04. The van der Waals surface area contributed by atoms with Crippen LogP contribution in [0.15, 0.2) is 47.0 Å². The van der Waals surface area contributed by atoms with Crippen LogP contribution in [0, 0.1) is 5.82 Å². The number of H-pyrrole nitrogens is 1. The summed E-state index contributed by atoms with van der Waals surface area (Å²) in [4.78, 5) is 14.4. The van der Waals surface area contributed by atoms with Crippen molar-refractivity contribution < 1.29 is 13.7 Å². The average molecular weight is 409 g/mol. The molecule has 0 unspecified atom stereocenters. The van der Waals surface area contributed by atoms with E-state index in [0.29, 0.717) is 36.3 Å². The third-order valence-electron chi connectivity index (χ3n) is 5.00. The van der Waals surface area contributed by atoms with Crippen molar-refractivity contribution in [2.45, 2.75) is 32.9 Å². The number of anilines is 1. The van der Waals surface area contributed by atoms with Crippen LogP contribution in [0.5, 0.6) is 0 Å². The fourth-order valence-electron chi connectivity index (χ4n) is 3.02. The number of nitrogens with one attached hydrogen (secondary N) is 1. The first-order valence-electron chi connectivity index (χ1n) is 9.88. The minimum Gasteiger partial charge on any atom is -0.371 e. The molecule has 0 aliphatic carbocycles. The topological polar surface area (TPSA) is 80.1 Å². The number of aromatic amines is 1. The van der Waals surface area contributed by atoms with Crippen molar-refractivity contribution in [1.82, 2.24) is 20.1 Å². The van der Waals surface area contributed by atoms with Gasteiger partial charge in [0.15, 0.2) is 0 Å². The number of nitrogens with zero attached hydrogens (tertiary/aromatic N) is 4. The van der Waals surface area contributed by atoms with Crippen molar-refractivity contribution in [3.63, 3.8) is 0 Å². The third kappa shape index (κ3) is 4.33. The van der Waals surface area contributed by atoms with Crippen molar-refractivity contribution in [2.75, 3.05) is 18.6 Å². The average Bonchev–Trinajstić information content (AvgIpc) is 3.38. The Morgan fingerprint density at radius 1 is 1.17 bits per heavy atom. The molecule has 0 saturated heterocycles. The number of benzene rings is 2. The van der Waals surface area contributed by atoms with Gasteiger partial charge in [0, 0.05) is 18.7 Å². The minimum absolute atomic E-state index is 0.178. The van der Waals surface area contributed by atoms with Crippen molar-refractivity contribution in [3.05, 3.63) is 59.7 Å². The van der Waals surface area contributed by atoms with Crippen molar-refractivity contribution >= 4 is 17.0 Å². The van der Waals surface area contributed by atoms with Gasteiger partial charge in [-0.25, -0.2) is 9.37 Å². The molecule has 0 spiro atoms. The molecule has 0 atom stereocenters. The van der Waals surface area contributed by atoms with E-state index < -0.39 is 0 Å². The highest BCUT2D eigenvalue weighted by atomic mass is 19.1.